The molecule has 1 aromatic rings. The number of carbonyl (C=O) groups excluding carboxylic acids is 3. The normalized spacial score (nSPS) is 29.4. The van der Waals surface area contributed by atoms with Gasteiger partial charge in [0.2, 0.25) is 11.8 Å². The van der Waals surface area contributed by atoms with Crippen molar-refractivity contribution in [3.05, 3.63) is 23.3 Å². The summed E-state index contributed by atoms with van der Waals surface area (Å²) in [5.74, 6) is -3.46. The number of piperazine rings is 1. The number of hydrogen-bond donors (Lipinski definition) is 3. The van der Waals surface area contributed by atoms with E-state index in [0.717, 1.165) is 0 Å². The Bertz CT molecular complexity index is 992. The number of nitrogens with one attached hydrogen (secondary N) is 3. The van der Waals surface area contributed by atoms with Gasteiger partial charge in [0.1, 0.15) is 0 Å². The number of benzene rings is 1. The Labute approximate surface area is 183 Å². The van der Waals surface area contributed by atoms with Crippen LogP contribution in [0.4, 0.5) is 25.0 Å². The fourth-order valence-electron chi connectivity index (χ4n) is 5.66. The lowest BCUT2D eigenvalue weighted by molar-refractivity contribution is -0.153. The molecule has 172 valence electrons. The molecule has 1 spiro atoms. The number of anilines is 2. The summed E-state index contributed by atoms with van der Waals surface area (Å²) >= 11 is 0. The summed E-state index contributed by atoms with van der Waals surface area (Å²) in [4.78, 5) is 41.4. The Morgan fingerprint density at radius 1 is 1.06 bits per heavy atom. The predicted octanol–water partition coefficient (Wildman–Crippen LogP) is 0.265. The van der Waals surface area contributed by atoms with Crippen molar-refractivity contribution in [3.63, 3.8) is 0 Å². The van der Waals surface area contributed by atoms with E-state index >= 15 is 8.78 Å². The van der Waals surface area contributed by atoms with Crippen molar-refractivity contribution in [1.29, 1.82) is 0 Å². The smallest absolute Gasteiger partial charge is 0.328 e. The number of halogens is 2. The average molecular weight is 449 g/mol. The van der Waals surface area contributed by atoms with Crippen LogP contribution in [0, 0.1) is 17.0 Å². The van der Waals surface area contributed by atoms with Gasteiger partial charge in [0.25, 0.3) is 0 Å². The number of urea groups is 1. The molecule has 11 heteroatoms. The van der Waals surface area contributed by atoms with Crippen molar-refractivity contribution >= 4 is 29.2 Å². The minimum atomic E-state index is -1.72. The van der Waals surface area contributed by atoms with Crippen LogP contribution >= 0.6 is 0 Å². The van der Waals surface area contributed by atoms with E-state index in [0.29, 0.717) is 31.7 Å². The maximum Gasteiger partial charge on any atom is 0.328 e. The van der Waals surface area contributed by atoms with E-state index in [2.05, 4.69) is 16.0 Å². The average Bonchev–Trinajstić information content (AvgIpc) is 2.74. The van der Waals surface area contributed by atoms with Crippen molar-refractivity contribution in [2.45, 2.75) is 38.5 Å². The highest BCUT2D eigenvalue weighted by atomic mass is 19.2. The third kappa shape index (κ3) is 2.91. The number of fused-ring (bicyclic) bond motifs is 4. The highest BCUT2D eigenvalue weighted by Crippen LogP contribution is 2.49. The van der Waals surface area contributed by atoms with E-state index in [4.69, 9.17) is 4.74 Å². The summed E-state index contributed by atoms with van der Waals surface area (Å²) in [5, 5.41) is 7.55. The number of nitrogens with zero attached hydrogens (tertiary/aromatic N) is 2. The standard InChI is InChI=1S/C21H25F2N5O4/c1-10-9-28-16-12(7-13(14(22)15(16)23)27-5-3-24-4-6-27)8-21(17(28)11(2)32-10)18(29)25-20(31)26-19(21)30/h7,10-11,17,24H,3-6,8-9H2,1-2H3,(H2,25,26,29,30,31)/t10-,11+,17-/m1/s1. The van der Waals surface area contributed by atoms with Gasteiger partial charge >= 0.3 is 6.03 Å². The van der Waals surface area contributed by atoms with Crippen LogP contribution in [0.1, 0.15) is 19.4 Å². The molecule has 0 aromatic heterocycles. The molecule has 4 heterocycles. The zero-order chi connectivity index (χ0) is 22.8. The monoisotopic (exact) mass is 449 g/mol. The first-order valence-corrected chi connectivity index (χ1v) is 10.8. The fourth-order valence-corrected chi connectivity index (χ4v) is 5.66. The van der Waals surface area contributed by atoms with Crippen LogP contribution in [-0.2, 0) is 20.7 Å². The van der Waals surface area contributed by atoms with Gasteiger partial charge in [-0.15, -0.1) is 0 Å². The maximum atomic E-state index is 15.6. The zero-order valence-electron chi connectivity index (χ0n) is 17.8. The summed E-state index contributed by atoms with van der Waals surface area (Å²) in [6, 6.07) is -0.260. The number of carbonyl (C=O) groups is 3. The van der Waals surface area contributed by atoms with Crippen molar-refractivity contribution in [2.24, 2.45) is 5.41 Å². The van der Waals surface area contributed by atoms with Crippen LogP contribution in [-0.4, -0.2) is 68.8 Å². The lowest BCUT2D eigenvalue weighted by atomic mass is 9.66. The molecule has 0 bridgehead atoms. The third-order valence-electron chi connectivity index (χ3n) is 6.91. The molecule has 3 saturated heterocycles. The minimum absolute atomic E-state index is 0.0523. The van der Waals surface area contributed by atoms with Gasteiger partial charge in [0.15, 0.2) is 17.0 Å². The van der Waals surface area contributed by atoms with Gasteiger partial charge in [-0.1, -0.05) is 0 Å². The first-order chi connectivity index (χ1) is 15.2. The van der Waals surface area contributed by atoms with Gasteiger partial charge in [-0.2, -0.15) is 0 Å². The number of morpholine rings is 1. The molecule has 1 aromatic carbocycles. The molecule has 4 amide bonds. The van der Waals surface area contributed by atoms with Gasteiger partial charge in [0.05, 0.1) is 29.6 Å². The summed E-state index contributed by atoms with van der Waals surface area (Å²) in [5.41, 5.74) is -1.20. The number of barbiturate groups is 1. The topological polar surface area (TPSA) is 103 Å². The van der Waals surface area contributed by atoms with E-state index in [-0.39, 0.29) is 30.4 Å². The van der Waals surface area contributed by atoms with Gasteiger partial charge in [-0.3, -0.25) is 20.2 Å². The molecule has 32 heavy (non-hydrogen) atoms. The second-order valence-electron chi connectivity index (χ2n) is 8.90. The number of hydrogen-bond acceptors (Lipinski definition) is 7. The first-order valence-electron chi connectivity index (χ1n) is 10.8. The Hall–Kier alpha value is -2.79. The molecule has 4 aliphatic heterocycles. The quantitative estimate of drug-likeness (QED) is 0.529. The number of ether oxygens (including phenoxy) is 1. The molecule has 3 N–H and O–H groups in total. The van der Waals surface area contributed by atoms with Gasteiger partial charge in [-0.25, -0.2) is 13.6 Å². The summed E-state index contributed by atoms with van der Waals surface area (Å²) in [6.45, 7) is 5.93. The van der Waals surface area contributed by atoms with Crippen LogP contribution in [0.3, 0.4) is 0 Å². The first kappa shape index (κ1) is 21.1. The Morgan fingerprint density at radius 3 is 2.38 bits per heavy atom. The molecule has 3 atom stereocenters. The zero-order valence-corrected chi connectivity index (χ0v) is 17.8. The van der Waals surface area contributed by atoms with Crippen LogP contribution in [0.2, 0.25) is 0 Å². The van der Waals surface area contributed by atoms with Crippen molar-refractivity contribution in [1.82, 2.24) is 16.0 Å². The van der Waals surface area contributed by atoms with Crippen LogP contribution in [0.5, 0.6) is 0 Å². The highest BCUT2D eigenvalue weighted by molar-refractivity contribution is 6.20. The predicted molar refractivity (Wildman–Crippen MR) is 110 cm³/mol. The fraction of sp³-hybridized carbons (Fsp3) is 0.571. The van der Waals surface area contributed by atoms with Crippen molar-refractivity contribution in [2.75, 3.05) is 42.5 Å². The molecule has 0 radical (unpaired) electrons. The summed E-state index contributed by atoms with van der Waals surface area (Å²) in [7, 11) is 0. The minimum Gasteiger partial charge on any atom is -0.372 e. The third-order valence-corrected chi connectivity index (χ3v) is 6.91. The molecule has 4 aliphatic rings. The van der Waals surface area contributed by atoms with E-state index in [1.165, 1.54) is 0 Å². The van der Waals surface area contributed by atoms with Crippen molar-refractivity contribution in [3.8, 4) is 0 Å². The van der Waals surface area contributed by atoms with Crippen LogP contribution in [0.15, 0.2) is 6.07 Å². The lowest BCUT2D eigenvalue weighted by Crippen LogP contribution is -2.75. The second-order valence-corrected chi connectivity index (χ2v) is 8.90. The maximum absolute atomic E-state index is 15.6. The van der Waals surface area contributed by atoms with E-state index in [1.54, 1.807) is 29.7 Å². The molecule has 3 fully saturated rings. The van der Waals surface area contributed by atoms with Crippen LogP contribution < -0.4 is 25.8 Å². The SMILES string of the molecule is C[C@@H]1CN2c3c(cc(N4CCNCC4)c(F)c3F)CC3(C(=O)NC(=O)NC3=O)[C@H]2[C@H](C)O1. The Kier molecular flexibility index (Phi) is 4.86. The van der Waals surface area contributed by atoms with Crippen LogP contribution in [0.25, 0.3) is 0 Å². The molecule has 5 rings (SSSR count). The van der Waals surface area contributed by atoms with Gasteiger partial charge in [-0.05, 0) is 25.5 Å². The Balaban J connectivity index is 1.70. The number of imide groups is 2. The van der Waals surface area contributed by atoms with E-state index in [9.17, 15) is 14.4 Å². The Morgan fingerprint density at radius 2 is 1.72 bits per heavy atom. The molecular weight excluding hydrogens is 424 g/mol. The molecule has 0 unspecified atom stereocenters. The summed E-state index contributed by atoms with van der Waals surface area (Å²) < 4.78 is 36.7. The van der Waals surface area contributed by atoms with Gasteiger partial charge < -0.3 is 19.9 Å². The number of amides is 4. The van der Waals surface area contributed by atoms with E-state index < -0.39 is 47.0 Å². The van der Waals surface area contributed by atoms with Crippen molar-refractivity contribution < 1.29 is 27.9 Å². The highest BCUT2D eigenvalue weighted by Gasteiger charge is 2.63. The largest absolute Gasteiger partial charge is 0.372 e. The molecule has 0 aliphatic carbocycles. The van der Waals surface area contributed by atoms with Gasteiger partial charge in [0, 0.05) is 39.1 Å². The molecular formula is C21H25F2N5O4. The second kappa shape index (κ2) is 7.38. The number of rotatable bonds is 1. The summed E-state index contributed by atoms with van der Waals surface area (Å²) in [6.07, 6.45) is -1.16. The lowest BCUT2D eigenvalue weighted by Gasteiger charge is -2.55. The molecule has 0 saturated carbocycles. The van der Waals surface area contributed by atoms with E-state index in [1.807, 2.05) is 0 Å². The molecule has 9 nitrogen and oxygen atoms in total.